The lowest BCUT2D eigenvalue weighted by atomic mass is 9.65. The first-order chi connectivity index (χ1) is 13.9. The summed E-state index contributed by atoms with van der Waals surface area (Å²) in [6, 6.07) is 29.4. The van der Waals surface area contributed by atoms with Crippen molar-refractivity contribution in [3.63, 3.8) is 0 Å². The lowest BCUT2D eigenvalue weighted by Gasteiger charge is -2.51. The second-order valence-electron chi connectivity index (χ2n) is 8.92. The van der Waals surface area contributed by atoms with Crippen LogP contribution in [0.25, 0.3) is 0 Å². The van der Waals surface area contributed by atoms with Gasteiger partial charge in [0.1, 0.15) is 0 Å². The van der Waals surface area contributed by atoms with Crippen LogP contribution in [0.3, 0.4) is 0 Å². The van der Waals surface area contributed by atoms with Crippen LogP contribution < -0.4 is 4.90 Å². The Hall–Kier alpha value is -2.87. The quantitative estimate of drug-likeness (QED) is 0.530. The van der Waals surface area contributed by atoms with E-state index in [0.29, 0.717) is 6.42 Å². The van der Waals surface area contributed by atoms with Gasteiger partial charge in [-0.15, -0.1) is 0 Å². The predicted molar refractivity (Wildman–Crippen MR) is 120 cm³/mol. The summed E-state index contributed by atoms with van der Waals surface area (Å²) < 4.78 is 0. The number of aryl methyl sites for hydroxylation is 1. The number of nitrogens with zero attached hydrogens (tertiary/aromatic N) is 1. The van der Waals surface area contributed by atoms with Crippen molar-refractivity contribution in [1.29, 1.82) is 0 Å². The Morgan fingerprint density at radius 3 is 2.10 bits per heavy atom. The van der Waals surface area contributed by atoms with Crippen LogP contribution in [-0.2, 0) is 16.6 Å². The van der Waals surface area contributed by atoms with E-state index in [1.54, 1.807) is 0 Å². The Bertz CT molecular complexity index is 993. The molecule has 0 aromatic heterocycles. The fraction of sp³-hybridized carbons (Fsp3) is 0.296. The van der Waals surface area contributed by atoms with Crippen molar-refractivity contribution >= 4 is 11.6 Å². The summed E-state index contributed by atoms with van der Waals surface area (Å²) in [5, 5.41) is 0. The minimum absolute atomic E-state index is 0.127. The van der Waals surface area contributed by atoms with Gasteiger partial charge in [0.2, 0.25) is 5.91 Å². The van der Waals surface area contributed by atoms with Crippen LogP contribution >= 0.6 is 0 Å². The van der Waals surface area contributed by atoms with E-state index in [9.17, 15) is 4.79 Å². The summed E-state index contributed by atoms with van der Waals surface area (Å²) in [5.41, 5.74) is 4.39. The molecule has 3 aromatic carbocycles. The van der Waals surface area contributed by atoms with Gasteiger partial charge in [0.05, 0.1) is 0 Å². The van der Waals surface area contributed by atoms with Crippen LogP contribution in [0.1, 0.15) is 50.3 Å². The van der Waals surface area contributed by atoms with Crippen LogP contribution in [0, 0.1) is 0 Å². The molecule has 0 saturated heterocycles. The first-order valence-corrected chi connectivity index (χ1v) is 10.4. The molecule has 1 heterocycles. The third-order valence-corrected chi connectivity index (χ3v) is 6.26. The van der Waals surface area contributed by atoms with E-state index in [4.69, 9.17) is 0 Å². The van der Waals surface area contributed by atoms with Crippen molar-refractivity contribution in [3.05, 3.63) is 102 Å². The molecule has 0 fully saturated rings. The van der Waals surface area contributed by atoms with Crippen LogP contribution in [0.5, 0.6) is 0 Å². The van der Waals surface area contributed by atoms with Gasteiger partial charge in [-0.05, 0) is 49.4 Å². The van der Waals surface area contributed by atoms with Crippen LogP contribution in [0.4, 0.5) is 5.69 Å². The molecule has 148 valence electrons. The second-order valence-corrected chi connectivity index (χ2v) is 8.92. The minimum Gasteiger partial charge on any atom is -0.307 e. The second kappa shape index (κ2) is 7.51. The van der Waals surface area contributed by atoms with Gasteiger partial charge < -0.3 is 4.90 Å². The summed E-state index contributed by atoms with van der Waals surface area (Å²) in [6.45, 7) is 6.71. The average molecular weight is 384 g/mol. The minimum atomic E-state index is -0.271. The molecule has 1 unspecified atom stereocenters. The molecule has 0 radical (unpaired) electrons. The SMILES string of the molecule is CC1(c2ccccc2)CC(C)(C)N(C(=O)CCc2ccccc2)c2ccccc21. The molecule has 1 amide bonds. The summed E-state index contributed by atoms with van der Waals surface area (Å²) >= 11 is 0. The largest absolute Gasteiger partial charge is 0.307 e. The number of hydrogen-bond acceptors (Lipinski definition) is 1. The lowest BCUT2D eigenvalue weighted by Crippen LogP contribution is -2.55. The molecule has 2 nitrogen and oxygen atoms in total. The number of hydrogen-bond donors (Lipinski definition) is 0. The number of rotatable bonds is 4. The maximum absolute atomic E-state index is 13.4. The zero-order chi connectivity index (χ0) is 20.5. The zero-order valence-corrected chi connectivity index (χ0v) is 17.6. The number of anilines is 1. The normalized spacial score (nSPS) is 20.2. The highest BCUT2D eigenvalue weighted by Gasteiger charge is 2.47. The lowest BCUT2D eigenvalue weighted by molar-refractivity contribution is -0.119. The van der Waals surface area contributed by atoms with Gasteiger partial charge in [-0.2, -0.15) is 0 Å². The van der Waals surface area contributed by atoms with Crippen molar-refractivity contribution in [2.75, 3.05) is 4.90 Å². The molecule has 29 heavy (non-hydrogen) atoms. The number of carbonyl (C=O) groups excluding carboxylic acids is 1. The maximum atomic E-state index is 13.4. The van der Waals surface area contributed by atoms with Gasteiger partial charge in [0.25, 0.3) is 0 Å². The standard InChI is InChI=1S/C27H29NO/c1-26(2)20-27(3,22-14-8-5-9-15-22)23-16-10-11-17-24(23)28(26)25(29)19-18-21-12-6-4-7-13-21/h4-17H,18-20H2,1-3H3. The predicted octanol–water partition coefficient (Wildman–Crippen LogP) is 6.14. The molecule has 4 rings (SSSR count). The molecule has 0 saturated carbocycles. The smallest absolute Gasteiger partial charge is 0.227 e. The monoisotopic (exact) mass is 383 g/mol. The van der Waals surface area contributed by atoms with Crippen LogP contribution in [0.15, 0.2) is 84.9 Å². The number of amides is 1. The number of benzene rings is 3. The fourth-order valence-electron chi connectivity index (χ4n) is 5.04. The topological polar surface area (TPSA) is 20.3 Å². The van der Waals surface area contributed by atoms with Crippen LogP contribution in [-0.4, -0.2) is 11.4 Å². The Morgan fingerprint density at radius 1 is 0.828 bits per heavy atom. The Labute approximate surface area is 174 Å². The summed E-state index contributed by atoms with van der Waals surface area (Å²) in [6.07, 6.45) is 2.17. The molecule has 1 atom stereocenters. The Kier molecular flexibility index (Phi) is 5.04. The summed E-state index contributed by atoms with van der Waals surface area (Å²) in [7, 11) is 0. The molecule has 0 aliphatic carbocycles. The molecule has 0 spiro atoms. The third kappa shape index (κ3) is 3.60. The van der Waals surface area contributed by atoms with Crippen molar-refractivity contribution in [3.8, 4) is 0 Å². The van der Waals surface area contributed by atoms with E-state index in [2.05, 4.69) is 86.3 Å². The molecule has 1 aliphatic rings. The van der Waals surface area contributed by atoms with Gasteiger partial charge in [0.15, 0.2) is 0 Å². The number of fused-ring (bicyclic) bond motifs is 1. The first-order valence-electron chi connectivity index (χ1n) is 10.4. The highest BCUT2D eigenvalue weighted by atomic mass is 16.2. The summed E-state index contributed by atoms with van der Waals surface area (Å²) in [4.78, 5) is 15.5. The molecule has 3 aromatic rings. The van der Waals surface area contributed by atoms with Gasteiger partial charge in [-0.25, -0.2) is 0 Å². The number of para-hydroxylation sites is 1. The highest BCUT2D eigenvalue weighted by molar-refractivity contribution is 5.96. The molecular formula is C27H29NO. The molecule has 2 heteroatoms. The van der Waals surface area contributed by atoms with Gasteiger partial charge >= 0.3 is 0 Å². The van der Waals surface area contributed by atoms with Crippen molar-refractivity contribution in [2.45, 2.75) is 51.0 Å². The molecule has 0 bridgehead atoms. The Morgan fingerprint density at radius 2 is 1.41 bits per heavy atom. The highest BCUT2D eigenvalue weighted by Crippen LogP contribution is 2.50. The molecule has 0 N–H and O–H groups in total. The van der Waals surface area contributed by atoms with E-state index in [-0.39, 0.29) is 16.9 Å². The first kappa shape index (κ1) is 19.4. The number of carbonyl (C=O) groups is 1. The van der Waals surface area contributed by atoms with E-state index >= 15 is 0 Å². The van der Waals surface area contributed by atoms with Crippen molar-refractivity contribution < 1.29 is 4.79 Å². The maximum Gasteiger partial charge on any atom is 0.227 e. The third-order valence-electron chi connectivity index (χ3n) is 6.26. The van der Waals surface area contributed by atoms with Crippen molar-refractivity contribution in [1.82, 2.24) is 0 Å². The van der Waals surface area contributed by atoms with Gasteiger partial charge in [-0.3, -0.25) is 4.79 Å². The Balaban J connectivity index is 1.71. The van der Waals surface area contributed by atoms with E-state index in [1.165, 1.54) is 16.7 Å². The van der Waals surface area contributed by atoms with E-state index < -0.39 is 0 Å². The van der Waals surface area contributed by atoms with Crippen LogP contribution in [0.2, 0.25) is 0 Å². The molecule has 1 aliphatic heterocycles. The van der Waals surface area contributed by atoms with E-state index in [0.717, 1.165) is 18.5 Å². The zero-order valence-electron chi connectivity index (χ0n) is 17.6. The fourth-order valence-corrected chi connectivity index (χ4v) is 5.04. The summed E-state index contributed by atoms with van der Waals surface area (Å²) in [5.74, 6) is 0.196. The van der Waals surface area contributed by atoms with Gasteiger partial charge in [0, 0.05) is 23.1 Å². The average Bonchev–Trinajstić information content (AvgIpc) is 2.73. The van der Waals surface area contributed by atoms with Crippen molar-refractivity contribution in [2.24, 2.45) is 0 Å². The molecular weight excluding hydrogens is 354 g/mol. The van der Waals surface area contributed by atoms with Gasteiger partial charge in [-0.1, -0.05) is 85.8 Å². The van der Waals surface area contributed by atoms with E-state index in [1.807, 2.05) is 24.3 Å².